The molecule has 0 aliphatic rings. The summed E-state index contributed by atoms with van der Waals surface area (Å²) in [6, 6.07) is 8.26. The van der Waals surface area contributed by atoms with Crippen LogP contribution in [0.1, 0.15) is 15.9 Å². The van der Waals surface area contributed by atoms with Crippen molar-refractivity contribution in [2.24, 2.45) is 0 Å². The minimum Gasteiger partial charge on any atom is -0.457 e. The van der Waals surface area contributed by atoms with Crippen molar-refractivity contribution < 1.29 is 40.6 Å². The fourth-order valence-corrected chi connectivity index (χ4v) is 3.35. The van der Waals surface area contributed by atoms with Crippen LogP contribution in [0.5, 0.6) is 17.2 Å². The Morgan fingerprint density at radius 1 is 1.00 bits per heavy atom. The second-order valence-electron chi connectivity index (χ2n) is 6.49. The number of carbonyl (C=O) groups excluding carboxylic acids is 1. The van der Waals surface area contributed by atoms with Gasteiger partial charge in [-0.1, -0.05) is 11.6 Å². The van der Waals surface area contributed by atoms with Gasteiger partial charge in [-0.2, -0.15) is 13.2 Å². The summed E-state index contributed by atoms with van der Waals surface area (Å²) in [5.41, 5.74) is -1.28. The van der Waals surface area contributed by atoms with E-state index in [1.807, 2.05) is 0 Å². The van der Waals surface area contributed by atoms with Crippen LogP contribution in [0.3, 0.4) is 0 Å². The Hall–Kier alpha value is -3.12. The molecule has 0 fully saturated rings. The minimum absolute atomic E-state index is 0.146. The summed E-state index contributed by atoms with van der Waals surface area (Å²) in [4.78, 5) is 16.9. The van der Waals surface area contributed by atoms with E-state index in [1.54, 1.807) is 12.3 Å². The molecule has 3 aromatic rings. The molecule has 1 N–H and O–H groups in total. The summed E-state index contributed by atoms with van der Waals surface area (Å²) < 4.78 is 86.2. The minimum atomic E-state index is -4.92. The topological polar surface area (TPSA) is 60.5 Å². The first kappa shape index (κ1) is 25.5. The molecule has 0 saturated carbocycles. The molecule has 1 aromatic heterocycles. The first-order valence-corrected chi connectivity index (χ1v) is 10.7. The van der Waals surface area contributed by atoms with Crippen molar-refractivity contribution in [2.45, 2.75) is 17.6 Å². The van der Waals surface area contributed by atoms with Crippen molar-refractivity contribution in [3.05, 3.63) is 70.9 Å². The second-order valence-corrected chi connectivity index (χ2v) is 7.72. The Kier molecular flexibility index (Phi) is 7.51. The second kappa shape index (κ2) is 10.0. The predicted molar refractivity (Wildman–Crippen MR) is 114 cm³/mol. The Balaban J connectivity index is 1.96. The van der Waals surface area contributed by atoms with Crippen molar-refractivity contribution in [1.29, 1.82) is 0 Å². The molecular weight excluding hydrogens is 510 g/mol. The fourth-order valence-electron chi connectivity index (χ4n) is 2.67. The summed E-state index contributed by atoms with van der Waals surface area (Å²) in [6.07, 6.45) is -6.58. The van der Waals surface area contributed by atoms with Crippen LogP contribution in [-0.4, -0.2) is 23.5 Å². The molecule has 2 aromatic carbocycles. The van der Waals surface area contributed by atoms with Gasteiger partial charge >= 0.3 is 12.5 Å². The van der Waals surface area contributed by atoms with E-state index in [0.717, 1.165) is 30.3 Å². The van der Waals surface area contributed by atoms with Gasteiger partial charge in [0.15, 0.2) is 0 Å². The Bertz CT molecular complexity index is 1190. The summed E-state index contributed by atoms with van der Waals surface area (Å²) in [7, 11) is 0. The highest BCUT2D eigenvalue weighted by Crippen LogP contribution is 2.40. The van der Waals surface area contributed by atoms with E-state index in [-0.39, 0.29) is 11.3 Å². The highest BCUT2D eigenvalue weighted by molar-refractivity contribution is 7.98. The highest BCUT2D eigenvalue weighted by Gasteiger charge is 2.35. The zero-order valence-corrected chi connectivity index (χ0v) is 18.5. The molecule has 0 aliphatic heterocycles. The zero-order valence-electron chi connectivity index (χ0n) is 16.9. The van der Waals surface area contributed by atoms with Crippen LogP contribution in [0.4, 0.5) is 32.0 Å². The van der Waals surface area contributed by atoms with Crippen molar-refractivity contribution in [3.8, 4) is 17.2 Å². The van der Waals surface area contributed by atoms with E-state index < -0.39 is 40.5 Å². The lowest BCUT2D eigenvalue weighted by Gasteiger charge is -2.16. The van der Waals surface area contributed by atoms with Crippen LogP contribution in [0, 0.1) is 0 Å². The lowest BCUT2D eigenvalue weighted by Crippen LogP contribution is -2.17. The molecule has 180 valence electrons. The number of aromatic nitrogens is 1. The van der Waals surface area contributed by atoms with Gasteiger partial charge in [-0.05, 0) is 54.8 Å². The van der Waals surface area contributed by atoms with E-state index in [4.69, 9.17) is 16.3 Å². The molecule has 5 nitrogen and oxygen atoms in total. The summed E-state index contributed by atoms with van der Waals surface area (Å²) >= 11 is 7.08. The van der Waals surface area contributed by atoms with Gasteiger partial charge in [0.05, 0.1) is 21.2 Å². The number of pyridine rings is 1. The van der Waals surface area contributed by atoms with Crippen molar-refractivity contribution >= 4 is 35.0 Å². The van der Waals surface area contributed by atoms with Crippen LogP contribution in [0.15, 0.2) is 59.8 Å². The third-order valence-electron chi connectivity index (χ3n) is 4.11. The van der Waals surface area contributed by atoms with Gasteiger partial charge in [-0.3, -0.25) is 4.79 Å². The average molecular weight is 523 g/mol. The molecule has 0 atom stereocenters. The molecule has 1 amide bonds. The van der Waals surface area contributed by atoms with Gasteiger partial charge in [0.25, 0.3) is 5.91 Å². The van der Waals surface area contributed by atoms with Gasteiger partial charge in [-0.25, -0.2) is 4.98 Å². The number of alkyl halides is 6. The number of nitrogens with zero attached hydrogens (tertiary/aromatic N) is 1. The third-order valence-corrected chi connectivity index (χ3v) is 5.06. The maximum absolute atomic E-state index is 13.4. The molecule has 34 heavy (non-hydrogen) atoms. The smallest absolute Gasteiger partial charge is 0.457 e. The monoisotopic (exact) mass is 522 g/mol. The standard InChI is InChI=1S/C21H13ClF6N2O3S/c1-34-18-8-11(6-7-29-18)30-19(31)14-9-16(22)15(20(23,24)25)10-17(14)32-12-2-4-13(5-3-12)33-21(26,27)28/h2-10H,1H3,(H,29,30,31). The summed E-state index contributed by atoms with van der Waals surface area (Å²) in [5.74, 6) is -2.06. The number of rotatable bonds is 6. The SMILES string of the molecule is CSc1cc(NC(=O)c2cc(Cl)c(C(F)(F)F)cc2Oc2ccc(OC(F)(F)F)cc2)ccn1. The van der Waals surface area contributed by atoms with E-state index in [9.17, 15) is 31.1 Å². The van der Waals surface area contributed by atoms with Crippen LogP contribution in [-0.2, 0) is 6.18 Å². The van der Waals surface area contributed by atoms with E-state index in [1.165, 1.54) is 24.0 Å². The van der Waals surface area contributed by atoms with Crippen LogP contribution in [0.25, 0.3) is 0 Å². The number of anilines is 1. The van der Waals surface area contributed by atoms with Gasteiger partial charge < -0.3 is 14.8 Å². The number of hydrogen-bond donors (Lipinski definition) is 1. The number of nitrogens with one attached hydrogen (secondary N) is 1. The molecule has 0 spiro atoms. The maximum atomic E-state index is 13.4. The summed E-state index contributed by atoms with van der Waals surface area (Å²) in [6.45, 7) is 0. The quantitative estimate of drug-likeness (QED) is 0.270. The Labute approximate surface area is 198 Å². The molecule has 0 saturated heterocycles. The Morgan fingerprint density at radius 2 is 1.65 bits per heavy atom. The lowest BCUT2D eigenvalue weighted by atomic mass is 10.1. The molecule has 3 rings (SSSR count). The number of carbonyl (C=O) groups is 1. The van der Waals surface area contributed by atoms with Crippen LogP contribution in [0.2, 0.25) is 5.02 Å². The fraction of sp³-hybridized carbons (Fsp3) is 0.143. The van der Waals surface area contributed by atoms with Crippen LogP contribution >= 0.6 is 23.4 Å². The van der Waals surface area contributed by atoms with Gasteiger partial charge in [0.1, 0.15) is 17.2 Å². The average Bonchev–Trinajstić information content (AvgIpc) is 2.74. The molecule has 13 heteroatoms. The van der Waals surface area contributed by atoms with Crippen molar-refractivity contribution in [1.82, 2.24) is 4.98 Å². The number of benzene rings is 2. The molecule has 0 aliphatic carbocycles. The largest absolute Gasteiger partial charge is 0.573 e. The van der Waals surface area contributed by atoms with Crippen LogP contribution < -0.4 is 14.8 Å². The summed E-state index contributed by atoms with van der Waals surface area (Å²) in [5, 5.41) is 2.37. The van der Waals surface area contributed by atoms with E-state index >= 15 is 0 Å². The van der Waals surface area contributed by atoms with E-state index in [0.29, 0.717) is 16.8 Å². The lowest BCUT2D eigenvalue weighted by molar-refractivity contribution is -0.274. The number of thioether (sulfide) groups is 1. The molecule has 0 bridgehead atoms. The third kappa shape index (κ3) is 6.70. The predicted octanol–water partition coefficient (Wildman–Crippen LogP) is 7.42. The number of ether oxygens (including phenoxy) is 2. The van der Waals surface area contributed by atoms with Gasteiger partial charge in [0, 0.05) is 11.9 Å². The zero-order chi connectivity index (χ0) is 25.1. The molecule has 1 heterocycles. The molecule has 0 radical (unpaired) electrons. The van der Waals surface area contributed by atoms with Gasteiger partial charge in [-0.15, -0.1) is 24.9 Å². The first-order chi connectivity index (χ1) is 15.9. The number of halogens is 7. The first-order valence-electron chi connectivity index (χ1n) is 9.11. The van der Waals surface area contributed by atoms with Crippen molar-refractivity contribution in [3.63, 3.8) is 0 Å². The number of amides is 1. The Morgan fingerprint density at radius 3 is 2.24 bits per heavy atom. The molecular formula is C21H13ClF6N2O3S. The van der Waals surface area contributed by atoms with Gasteiger partial charge in [0.2, 0.25) is 0 Å². The van der Waals surface area contributed by atoms with Crippen molar-refractivity contribution in [2.75, 3.05) is 11.6 Å². The number of hydrogen-bond acceptors (Lipinski definition) is 5. The maximum Gasteiger partial charge on any atom is 0.573 e. The normalized spacial score (nSPS) is 11.8. The highest BCUT2D eigenvalue weighted by atomic mass is 35.5. The van der Waals surface area contributed by atoms with E-state index in [2.05, 4.69) is 15.0 Å². The molecule has 0 unspecified atom stereocenters.